The van der Waals surface area contributed by atoms with Gasteiger partial charge in [0.15, 0.2) is 0 Å². The molecule has 34 heavy (non-hydrogen) atoms. The first-order valence-corrected chi connectivity index (χ1v) is 11.4. The molecule has 2 aliphatic heterocycles. The van der Waals surface area contributed by atoms with Crippen LogP contribution in [0.15, 0.2) is 60.7 Å². The molecule has 7 heteroatoms. The van der Waals surface area contributed by atoms with Crippen LogP contribution in [0.3, 0.4) is 0 Å². The Balaban J connectivity index is 1.34. The Morgan fingerprint density at radius 1 is 0.912 bits per heavy atom. The molecule has 1 fully saturated rings. The van der Waals surface area contributed by atoms with Gasteiger partial charge in [-0.2, -0.15) is 0 Å². The first kappa shape index (κ1) is 22.5. The third-order valence-corrected chi connectivity index (χ3v) is 6.96. The number of nitrogens with zero attached hydrogens (tertiary/aromatic N) is 2. The zero-order valence-electron chi connectivity index (χ0n) is 19.0. The fourth-order valence-electron chi connectivity index (χ4n) is 5.22. The van der Waals surface area contributed by atoms with Gasteiger partial charge in [-0.1, -0.05) is 17.7 Å². The number of hydrogen-bond acceptors (Lipinski definition) is 2. The van der Waals surface area contributed by atoms with Crippen LogP contribution in [0.1, 0.15) is 29.5 Å². The second-order valence-corrected chi connectivity index (χ2v) is 9.38. The maximum absolute atomic E-state index is 13.6. The monoisotopic (exact) mass is 465 g/mol. The molecule has 0 radical (unpaired) electrons. The average molecular weight is 466 g/mol. The molecule has 0 aliphatic carbocycles. The standard InChI is InChI=1S/C27H26F3N3O/c1-18-2-7-25-24(12-18)27(17-33(25)26(34)31-23-5-3-20(28)4-6-23)8-10-32(11-9-27)16-19-13-21(29)15-22(30)14-19/h2-7,12-15H,8-11,16-17H2,1H3,(H,31,34). The van der Waals surface area contributed by atoms with Crippen molar-refractivity contribution in [2.45, 2.75) is 31.7 Å². The van der Waals surface area contributed by atoms with Crippen LogP contribution in [-0.4, -0.2) is 30.6 Å². The van der Waals surface area contributed by atoms with Crippen LogP contribution < -0.4 is 10.2 Å². The maximum Gasteiger partial charge on any atom is 0.326 e. The van der Waals surface area contributed by atoms with Gasteiger partial charge in [0, 0.05) is 35.9 Å². The largest absolute Gasteiger partial charge is 0.326 e. The van der Waals surface area contributed by atoms with Gasteiger partial charge in [0.05, 0.1) is 0 Å². The van der Waals surface area contributed by atoms with Gasteiger partial charge in [0.1, 0.15) is 17.5 Å². The summed E-state index contributed by atoms with van der Waals surface area (Å²) in [5, 5.41) is 2.88. The highest BCUT2D eigenvalue weighted by Gasteiger charge is 2.46. The lowest BCUT2D eigenvalue weighted by Gasteiger charge is -2.40. The molecule has 0 aromatic heterocycles. The van der Waals surface area contributed by atoms with Crippen molar-refractivity contribution in [1.29, 1.82) is 0 Å². The summed E-state index contributed by atoms with van der Waals surface area (Å²) in [5.41, 5.74) is 4.18. The smallest absolute Gasteiger partial charge is 0.308 e. The van der Waals surface area contributed by atoms with E-state index >= 15 is 0 Å². The quantitative estimate of drug-likeness (QED) is 0.515. The lowest BCUT2D eigenvalue weighted by atomic mass is 9.74. The van der Waals surface area contributed by atoms with Crippen molar-refractivity contribution in [2.24, 2.45) is 0 Å². The normalized spacial score (nSPS) is 17.1. The number of nitrogens with one attached hydrogen (secondary N) is 1. The number of likely N-dealkylation sites (tertiary alicyclic amines) is 1. The fraction of sp³-hybridized carbons (Fsp3) is 0.296. The minimum atomic E-state index is -0.563. The van der Waals surface area contributed by atoms with Crippen molar-refractivity contribution in [2.75, 3.05) is 29.9 Å². The molecule has 2 heterocycles. The number of piperidine rings is 1. The summed E-state index contributed by atoms with van der Waals surface area (Å²) < 4.78 is 40.4. The Labute approximate surface area is 197 Å². The van der Waals surface area contributed by atoms with E-state index in [0.29, 0.717) is 24.3 Å². The van der Waals surface area contributed by atoms with Crippen LogP contribution in [0.4, 0.5) is 29.3 Å². The summed E-state index contributed by atoms with van der Waals surface area (Å²) >= 11 is 0. The number of aryl methyl sites for hydroxylation is 1. The van der Waals surface area contributed by atoms with Crippen molar-refractivity contribution < 1.29 is 18.0 Å². The SMILES string of the molecule is Cc1ccc2c(c1)C1(CCN(Cc3cc(F)cc(F)c3)CC1)CN2C(=O)Nc1ccc(F)cc1. The molecule has 5 rings (SSSR count). The van der Waals surface area contributed by atoms with Gasteiger partial charge in [0.2, 0.25) is 0 Å². The molecule has 0 atom stereocenters. The highest BCUT2D eigenvalue weighted by Crippen LogP contribution is 2.47. The van der Waals surface area contributed by atoms with E-state index < -0.39 is 11.6 Å². The number of benzene rings is 3. The highest BCUT2D eigenvalue weighted by molar-refractivity contribution is 6.03. The van der Waals surface area contributed by atoms with Gasteiger partial charge in [-0.3, -0.25) is 9.80 Å². The van der Waals surface area contributed by atoms with Crippen molar-refractivity contribution in [3.05, 3.63) is 94.8 Å². The van der Waals surface area contributed by atoms with Crippen LogP contribution in [0.5, 0.6) is 0 Å². The molecular weight excluding hydrogens is 439 g/mol. The van der Waals surface area contributed by atoms with E-state index in [9.17, 15) is 18.0 Å². The molecule has 3 aromatic rings. The molecule has 176 valence electrons. The molecule has 2 aliphatic rings. The summed E-state index contributed by atoms with van der Waals surface area (Å²) in [4.78, 5) is 17.2. The number of halogens is 3. The predicted octanol–water partition coefficient (Wildman–Crippen LogP) is 6.00. The number of fused-ring (bicyclic) bond motifs is 2. The zero-order valence-corrected chi connectivity index (χ0v) is 19.0. The molecule has 3 aromatic carbocycles. The van der Waals surface area contributed by atoms with Crippen LogP contribution in [0.25, 0.3) is 0 Å². The Morgan fingerprint density at radius 2 is 1.59 bits per heavy atom. The van der Waals surface area contributed by atoms with Crippen LogP contribution in [-0.2, 0) is 12.0 Å². The van der Waals surface area contributed by atoms with Gasteiger partial charge in [-0.25, -0.2) is 18.0 Å². The number of carbonyl (C=O) groups excluding carboxylic acids is 1. The first-order chi connectivity index (χ1) is 16.3. The number of amides is 2. The summed E-state index contributed by atoms with van der Waals surface area (Å²) in [5.74, 6) is -1.48. The van der Waals surface area contributed by atoms with Crippen LogP contribution in [0, 0.1) is 24.4 Å². The summed E-state index contributed by atoms with van der Waals surface area (Å²) in [6, 6.07) is 15.3. The molecule has 1 N–H and O–H groups in total. The van der Waals surface area contributed by atoms with Crippen LogP contribution in [0.2, 0.25) is 0 Å². The number of anilines is 2. The van der Waals surface area contributed by atoms with Gasteiger partial charge < -0.3 is 5.32 Å². The Morgan fingerprint density at radius 3 is 2.26 bits per heavy atom. The molecule has 0 unspecified atom stereocenters. The number of carbonyl (C=O) groups is 1. The zero-order chi connectivity index (χ0) is 23.9. The van der Waals surface area contributed by atoms with Gasteiger partial charge in [0.25, 0.3) is 0 Å². The average Bonchev–Trinajstić information content (AvgIpc) is 3.10. The Bertz CT molecular complexity index is 1200. The molecule has 0 saturated carbocycles. The Hall–Kier alpha value is -3.32. The van der Waals surface area contributed by atoms with Crippen molar-refractivity contribution >= 4 is 17.4 Å². The summed E-state index contributed by atoms with van der Waals surface area (Å²) in [6.45, 7) is 4.61. The van der Waals surface area contributed by atoms with Gasteiger partial charge >= 0.3 is 6.03 Å². The highest BCUT2D eigenvalue weighted by atomic mass is 19.1. The minimum absolute atomic E-state index is 0.175. The van der Waals surface area contributed by atoms with Gasteiger partial charge in [-0.15, -0.1) is 0 Å². The lowest BCUT2D eigenvalue weighted by molar-refractivity contribution is 0.159. The third kappa shape index (κ3) is 4.40. The fourth-order valence-corrected chi connectivity index (χ4v) is 5.22. The van der Waals surface area contributed by atoms with E-state index in [1.54, 1.807) is 17.0 Å². The maximum atomic E-state index is 13.6. The lowest BCUT2D eigenvalue weighted by Crippen LogP contribution is -2.46. The minimum Gasteiger partial charge on any atom is -0.308 e. The predicted molar refractivity (Wildman–Crippen MR) is 126 cm³/mol. The first-order valence-electron chi connectivity index (χ1n) is 11.4. The third-order valence-electron chi connectivity index (χ3n) is 6.96. The van der Waals surface area contributed by atoms with E-state index in [2.05, 4.69) is 16.3 Å². The number of hydrogen-bond donors (Lipinski definition) is 1. The molecule has 2 amide bonds. The van der Waals surface area contributed by atoms with E-state index in [-0.39, 0.29) is 17.3 Å². The summed E-state index contributed by atoms with van der Waals surface area (Å²) in [7, 11) is 0. The topological polar surface area (TPSA) is 35.6 Å². The summed E-state index contributed by atoms with van der Waals surface area (Å²) in [6.07, 6.45) is 1.67. The van der Waals surface area contributed by atoms with E-state index in [0.717, 1.165) is 43.2 Å². The van der Waals surface area contributed by atoms with Gasteiger partial charge in [-0.05, 0) is 86.4 Å². The number of rotatable bonds is 3. The van der Waals surface area contributed by atoms with E-state index in [1.165, 1.54) is 29.8 Å². The number of urea groups is 1. The molecule has 0 bridgehead atoms. The second kappa shape index (κ2) is 8.80. The van der Waals surface area contributed by atoms with E-state index in [1.807, 2.05) is 19.1 Å². The second-order valence-electron chi connectivity index (χ2n) is 9.38. The van der Waals surface area contributed by atoms with E-state index in [4.69, 9.17) is 0 Å². The Kier molecular flexibility index (Phi) is 5.81. The molecule has 4 nitrogen and oxygen atoms in total. The molecule has 1 saturated heterocycles. The molecular formula is C27H26F3N3O. The van der Waals surface area contributed by atoms with Crippen molar-refractivity contribution in [3.8, 4) is 0 Å². The van der Waals surface area contributed by atoms with Crippen LogP contribution >= 0.6 is 0 Å². The van der Waals surface area contributed by atoms with Crippen molar-refractivity contribution in [3.63, 3.8) is 0 Å². The van der Waals surface area contributed by atoms with Crippen molar-refractivity contribution in [1.82, 2.24) is 4.90 Å². The molecule has 1 spiro atoms.